The van der Waals surface area contributed by atoms with E-state index in [4.69, 9.17) is 21.6 Å². The number of rotatable bonds is 8. The molecule has 2 aromatic carbocycles. The molecular weight excluding hydrogens is 576 g/mol. The van der Waals surface area contributed by atoms with Crippen molar-refractivity contribution in [2.75, 3.05) is 34.3 Å². The van der Waals surface area contributed by atoms with Gasteiger partial charge in [-0.25, -0.2) is 4.98 Å². The standard InChI is InChI=1S/C25H23ClF6N4O2.C2H3N/c1-35(2)8-9-38-23-33-13-19(18-6-4-5-7-20(18)26)21(34-23)22(37)36(3)14-15-10-16(24(27,28)29)12-17(11-15)25(30,31)32;1-2-3/h4-7,10-13H,8-9,14H2,1-3H3;1H3. The van der Waals surface area contributed by atoms with Crippen LogP contribution in [0.1, 0.15) is 34.1 Å². The van der Waals surface area contributed by atoms with E-state index in [0.717, 1.165) is 4.90 Å². The lowest BCUT2D eigenvalue weighted by Crippen LogP contribution is -2.28. The van der Waals surface area contributed by atoms with Crippen LogP contribution in [0.3, 0.4) is 0 Å². The van der Waals surface area contributed by atoms with E-state index in [-0.39, 0.29) is 40.5 Å². The van der Waals surface area contributed by atoms with Gasteiger partial charge in [0.25, 0.3) is 5.91 Å². The second-order valence-corrected chi connectivity index (χ2v) is 9.25. The van der Waals surface area contributed by atoms with E-state index in [1.54, 1.807) is 30.3 Å². The number of halogens is 7. The van der Waals surface area contributed by atoms with Crippen LogP contribution >= 0.6 is 11.6 Å². The van der Waals surface area contributed by atoms with Gasteiger partial charge in [0, 0.05) is 49.4 Å². The van der Waals surface area contributed by atoms with Gasteiger partial charge < -0.3 is 14.5 Å². The summed E-state index contributed by atoms with van der Waals surface area (Å²) in [6.07, 6.45) is -8.70. The third-order valence-electron chi connectivity index (χ3n) is 5.32. The van der Waals surface area contributed by atoms with Crippen LogP contribution in [0.5, 0.6) is 6.01 Å². The van der Waals surface area contributed by atoms with Gasteiger partial charge >= 0.3 is 18.4 Å². The number of carbonyl (C=O) groups excluding carboxylic acids is 1. The Kier molecular flexibility index (Phi) is 11.5. The van der Waals surface area contributed by atoms with Gasteiger partial charge in [-0.15, -0.1) is 0 Å². The number of hydrogen-bond donors (Lipinski definition) is 0. The number of alkyl halides is 6. The highest BCUT2D eigenvalue weighted by molar-refractivity contribution is 6.33. The number of likely N-dealkylation sites (N-methyl/N-ethyl adjacent to an activating group) is 1. The summed E-state index contributed by atoms with van der Waals surface area (Å²) in [4.78, 5) is 24.6. The molecule has 41 heavy (non-hydrogen) atoms. The average molecular weight is 602 g/mol. The molecule has 0 saturated heterocycles. The van der Waals surface area contributed by atoms with Crippen LogP contribution in [0.25, 0.3) is 11.1 Å². The molecule has 0 unspecified atom stereocenters. The number of aromatic nitrogens is 2. The van der Waals surface area contributed by atoms with Crippen molar-refractivity contribution >= 4 is 17.5 Å². The molecule has 1 amide bonds. The maximum Gasteiger partial charge on any atom is 0.416 e. The number of nitriles is 1. The summed E-state index contributed by atoms with van der Waals surface area (Å²) in [6.45, 7) is 1.59. The van der Waals surface area contributed by atoms with Crippen LogP contribution in [-0.4, -0.2) is 60.0 Å². The van der Waals surface area contributed by atoms with Crippen LogP contribution in [0.4, 0.5) is 26.3 Å². The number of carbonyl (C=O) groups is 1. The lowest BCUT2D eigenvalue weighted by molar-refractivity contribution is -0.143. The van der Waals surface area contributed by atoms with Gasteiger partial charge in [0.05, 0.1) is 17.2 Å². The molecule has 14 heteroatoms. The molecule has 0 aliphatic rings. The van der Waals surface area contributed by atoms with Gasteiger partial charge in [-0.05, 0) is 43.9 Å². The molecule has 3 aromatic rings. The lowest BCUT2D eigenvalue weighted by atomic mass is 10.0. The highest BCUT2D eigenvalue weighted by Crippen LogP contribution is 2.37. The Morgan fingerprint density at radius 1 is 1.00 bits per heavy atom. The fraction of sp³-hybridized carbons (Fsp3) is 0.333. The number of nitrogens with zero attached hydrogens (tertiary/aromatic N) is 5. The molecule has 0 fully saturated rings. The zero-order chi connectivity index (χ0) is 31.0. The van der Waals surface area contributed by atoms with Crippen molar-refractivity contribution < 1.29 is 35.9 Å². The third-order valence-corrected chi connectivity index (χ3v) is 5.65. The van der Waals surface area contributed by atoms with Crippen LogP contribution < -0.4 is 4.74 Å². The van der Waals surface area contributed by atoms with Gasteiger partial charge in [0.15, 0.2) is 0 Å². The van der Waals surface area contributed by atoms with Crippen molar-refractivity contribution in [1.82, 2.24) is 19.8 Å². The predicted octanol–water partition coefficient (Wildman–Crippen LogP) is 6.58. The molecule has 0 aliphatic carbocycles. The van der Waals surface area contributed by atoms with Crippen molar-refractivity contribution in [1.29, 1.82) is 5.26 Å². The summed E-state index contributed by atoms with van der Waals surface area (Å²) in [6, 6.07) is 9.34. The van der Waals surface area contributed by atoms with Gasteiger partial charge in [0.2, 0.25) is 0 Å². The molecule has 0 aliphatic heterocycles. The van der Waals surface area contributed by atoms with Crippen LogP contribution in [-0.2, 0) is 18.9 Å². The van der Waals surface area contributed by atoms with Crippen LogP contribution in [0.2, 0.25) is 5.02 Å². The fourth-order valence-electron chi connectivity index (χ4n) is 3.43. The first-order chi connectivity index (χ1) is 19.1. The van der Waals surface area contributed by atoms with E-state index >= 15 is 0 Å². The smallest absolute Gasteiger partial charge is 0.416 e. The molecule has 0 radical (unpaired) electrons. The van der Waals surface area contributed by atoms with Crippen molar-refractivity contribution in [3.8, 4) is 23.2 Å². The SMILES string of the molecule is CC#N.CN(C)CCOc1ncc(-c2ccccc2Cl)c(C(=O)N(C)Cc2cc(C(F)(F)F)cc(C(F)(F)F)c2)n1. The molecule has 0 bridgehead atoms. The van der Waals surface area contributed by atoms with Gasteiger partial charge in [-0.2, -0.15) is 36.6 Å². The molecular formula is C27H26ClF6N5O2. The molecule has 1 heterocycles. The monoisotopic (exact) mass is 601 g/mol. The fourth-order valence-corrected chi connectivity index (χ4v) is 3.67. The molecule has 1 aromatic heterocycles. The summed E-state index contributed by atoms with van der Waals surface area (Å²) in [5, 5.41) is 7.60. The van der Waals surface area contributed by atoms with Gasteiger partial charge in [-0.1, -0.05) is 29.8 Å². The average Bonchev–Trinajstić information content (AvgIpc) is 2.87. The maximum atomic E-state index is 13.4. The van der Waals surface area contributed by atoms with Crippen molar-refractivity contribution in [2.24, 2.45) is 0 Å². The minimum atomic E-state index is -5.01. The molecule has 3 rings (SSSR count). The number of benzene rings is 2. The van der Waals surface area contributed by atoms with Crippen LogP contribution in [0.15, 0.2) is 48.7 Å². The summed E-state index contributed by atoms with van der Waals surface area (Å²) in [5.74, 6) is -0.786. The number of hydrogen-bond acceptors (Lipinski definition) is 6. The second kappa shape index (κ2) is 14.1. The molecule has 0 N–H and O–H groups in total. The Bertz CT molecular complexity index is 1360. The summed E-state index contributed by atoms with van der Waals surface area (Å²) < 4.78 is 85.2. The van der Waals surface area contributed by atoms with Crippen LogP contribution in [0, 0.1) is 11.3 Å². The zero-order valence-electron chi connectivity index (χ0n) is 22.4. The molecule has 0 atom stereocenters. The second-order valence-electron chi connectivity index (χ2n) is 8.85. The topological polar surface area (TPSA) is 82.3 Å². The van der Waals surface area contributed by atoms with E-state index < -0.39 is 35.9 Å². The largest absolute Gasteiger partial charge is 0.462 e. The van der Waals surface area contributed by atoms with E-state index in [1.807, 2.05) is 19.0 Å². The predicted molar refractivity (Wildman–Crippen MR) is 140 cm³/mol. The van der Waals surface area contributed by atoms with Crippen molar-refractivity contribution in [2.45, 2.75) is 25.8 Å². The van der Waals surface area contributed by atoms with E-state index in [1.165, 1.54) is 20.2 Å². The lowest BCUT2D eigenvalue weighted by Gasteiger charge is -2.21. The number of ether oxygens (including phenoxy) is 1. The van der Waals surface area contributed by atoms with E-state index in [2.05, 4.69) is 9.97 Å². The molecule has 220 valence electrons. The first-order valence-electron chi connectivity index (χ1n) is 11.8. The summed E-state index contributed by atoms with van der Waals surface area (Å²) >= 11 is 6.29. The Hall–Kier alpha value is -3.89. The molecule has 0 saturated carbocycles. The van der Waals surface area contributed by atoms with Crippen molar-refractivity contribution in [3.63, 3.8) is 0 Å². The Labute approximate surface area is 237 Å². The van der Waals surface area contributed by atoms with E-state index in [9.17, 15) is 31.1 Å². The Morgan fingerprint density at radius 3 is 2.07 bits per heavy atom. The first-order valence-corrected chi connectivity index (χ1v) is 12.2. The summed E-state index contributed by atoms with van der Waals surface area (Å²) in [7, 11) is 4.89. The highest BCUT2D eigenvalue weighted by atomic mass is 35.5. The molecule has 0 spiro atoms. The van der Waals surface area contributed by atoms with Gasteiger partial charge in [0.1, 0.15) is 12.3 Å². The minimum Gasteiger partial charge on any atom is -0.462 e. The highest BCUT2D eigenvalue weighted by Gasteiger charge is 2.37. The summed E-state index contributed by atoms with van der Waals surface area (Å²) in [5.41, 5.74) is -2.87. The Balaban J connectivity index is 0.00000187. The Morgan fingerprint density at radius 2 is 1.56 bits per heavy atom. The van der Waals surface area contributed by atoms with Crippen molar-refractivity contribution in [3.05, 3.63) is 76.1 Å². The maximum absolute atomic E-state index is 13.4. The normalized spacial score (nSPS) is 11.4. The zero-order valence-corrected chi connectivity index (χ0v) is 23.2. The first kappa shape index (κ1) is 33.3. The minimum absolute atomic E-state index is 0.0304. The third kappa shape index (κ3) is 9.61. The number of amides is 1. The molecule has 7 nitrogen and oxygen atoms in total. The van der Waals surface area contributed by atoms with E-state index in [0.29, 0.717) is 24.2 Å². The van der Waals surface area contributed by atoms with Gasteiger partial charge in [-0.3, -0.25) is 4.79 Å². The quantitative estimate of drug-likeness (QED) is 0.271.